The van der Waals surface area contributed by atoms with Gasteiger partial charge in [-0.05, 0) is 38.5 Å². The van der Waals surface area contributed by atoms with Gasteiger partial charge in [-0.25, -0.2) is 0 Å². The third-order valence-corrected chi connectivity index (χ3v) is 3.45. The molecule has 116 valence electrons. The van der Waals surface area contributed by atoms with Crippen molar-refractivity contribution in [2.75, 3.05) is 18.0 Å². The summed E-state index contributed by atoms with van der Waals surface area (Å²) in [5.41, 5.74) is 5.10. The maximum absolute atomic E-state index is 12.0. The minimum atomic E-state index is -0.278. The molecule has 2 rings (SSSR count). The fourth-order valence-corrected chi connectivity index (χ4v) is 2.13. The Morgan fingerprint density at radius 1 is 1.32 bits per heavy atom. The van der Waals surface area contributed by atoms with Gasteiger partial charge in [-0.3, -0.25) is 10.2 Å². The number of hydrazone groups is 2. The summed E-state index contributed by atoms with van der Waals surface area (Å²) in [5.74, 6) is 0.0615. The van der Waals surface area contributed by atoms with Gasteiger partial charge in [0.05, 0.1) is 6.21 Å². The van der Waals surface area contributed by atoms with Crippen molar-refractivity contribution < 1.29 is 4.79 Å². The molecule has 0 unspecified atom stereocenters. The highest BCUT2D eigenvalue weighted by molar-refractivity contribution is 6.38. The summed E-state index contributed by atoms with van der Waals surface area (Å²) < 4.78 is 0. The first kappa shape index (κ1) is 15.8. The van der Waals surface area contributed by atoms with Crippen LogP contribution in [0.15, 0.2) is 46.9 Å². The standard InChI is InChI=1S/C16H21N5O/c1-5-20(6-2)15-9-7-14(8-10-15)11-17-21-13(4)19-18-12(3)16(21)22/h7-11,19H,4-6H2,1-3H3/b17-11+. The van der Waals surface area contributed by atoms with Crippen LogP contribution in [-0.2, 0) is 4.79 Å². The summed E-state index contributed by atoms with van der Waals surface area (Å²) >= 11 is 0. The van der Waals surface area contributed by atoms with Crippen molar-refractivity contribution in [1.29, 1.82) is 0 Å². The van der Waals surface area contributed by atoms with E-state index in [-0.39, 0.29) is 5.91 Å². The van der Waals surface area contributed by atoms with E-state index in [0.717, 1.165) is 18.7 Å². The number of anilines is 1. The molecule has 0 radical (unpaired) electrons. The number of nitrogens with zero attached hydrogens (tertiary/aromatic N) is 4. The van der Waals surface area contributed by atoms with Gasteiger partial charge < -0.3 is 4.90 Å². The summed E-state index contributed by atoms with van der Waals surface area (Å²) in [7, 11) is 0. The Kier molecular flexibility index (Phi) is 4.93. The van der Waals surface area contributed by atoms with E-state index in [4.69, 9.17) is 0 Å². The van der Waals surface area contributed by atoms with E-state index in [1.54, 1.807) is 13.1 Å². The largest absolute Gasteiger partial charge is 0.372 e. The lowest BCUT2D eigenvalue weighted by atomic mass is 10.2. The summed E-state index contributed by atoms with van der Waals surface area (Å²) in [6.45, 7) is 11.5. The predicted molar refractivity (Wildman–Crippen MR) is 89.8 cm³/mol. The first-order chi connectivity index (χ1) is 10.6. The van der Waals surface area contributed by atoms with E-state index in [1.165, 1.54) is 10.7 Å². The zero-order valence-electron chi connectivity index (χ0n) is 13.2. The zero-order chi connectivity index (χ0) is 16.1. The van der Waals surface area contributed by atoms with Crippen molar-refractivity contribution in [2.45, 2.75) is 20.8 Å². The van der Waals surface area contributed by atoms with Crippen molar-refractivity contribution in [3.05, 3.63) is 42.2 Å². The van der Waals surface area contributed by atoms with Crippen LogP contribution in [0.2, 0.25) is 0 Å². The van der Waals surface area contributed by atoms with Crippen molar-refractivity contribution in [2.24, 2.45) is 10.2 Å². The molecule has 0 saturated carbocycles. The molecule has 0 aromatic heterocycles. The second-order valence-corrected chi connectivity index (χ2v) is 4.88. The van der Waals surface area contributed by atoms with E-state index >= 15 is 0 Å². The second-order valence-electron chi connectivity index (χ2n) is 4.88. The van der Waals surface area contributed by atoms with Crippen LogP contribution in [0, 0.1) is 0 Å². The summed E-state index contributed by atoms with van der Waals surface area (Å²) in [4.78, 5) is 14.2. The second kappa shape index (κ2) is 6.89. The van der Waals surface area contributed by atoms with Gasteiger partial charge in [0.2, 0.25) is 0 Å². The van der Waals surface area contributed by atoms with Crippen LogP contribution in [0.5, 0.6) is 0 Å². The van der Waals surface area contributed by atoms with Crippen molar-refractivity contribution >= 4 is 23.5 Å². The fourth-order valence-electron chi connectivity index (χ4n) is 2.13. The molecule has 0 atom stereocenters. The molecule has 1 heterocycles. The Bertz CT molecular complexity index is 614. The number of hydrogen-bond donors (Lipinski definition) is 1. The average molecular weight is 299 g/mol. The molecular formula is C16H21N5O. The SMILES string of the molecule is C=C1NN=C(C)C(=O)N1/N=C/c1ccc(N(CC)CC)cc1. The Morgan fingerprint density at radius 2 is 1.95 bits per heavy atom. The van der Waals surface area contributed by atoms with Gasteiger partial charge in [-0.2, -0.15) is 15.2 Å². The molecule has 1 aliphatic heterocycles. The maximum atomic E-state index is 12.0. The van der Waals surface area contributed by atoms with E-state index < -0.39 is 0 Å². The molecule has 6 nitrogen and oxygen atoms in total. The first-order valence-electron chi connectivity index (χ1n) is 7.29. The minimum Gasteiger partial charge on any atom is -0.372 e. The number of carbonyl (C=O) groups is 1. The Balaban J connectivity index is 2.12. The number of benzene rings is 1. The molecule has 0 bridgehead atoms. The smallest absolute Gasteiger partial charge is 0.295 e. The molecule has 0 saturated heterocycles. The quantitative estimate of drug-likeness (QED) is 0.847. The summed E-state index contributed by atoms with van der Waals surface area (Å²) in [6, 6.07) is 8.05. The number of amides is 1. The summed E-state index contributed by atoms with van der Waals surface area (Å²) in [5, 5.41) is 9.24. The maximum Gasteiger partial charge on any atom is 0.295 e. The third-order valence-electron chi connectivity index (χ3n) is 3.45. The molecule has 0 fully saturated rings. The molecule has 1 N–H and O–H groups in total. The molecule has 22 heavy (non-hydrogen) atoms. The molecule has 1 aromatic carbocycles. The Labute approximate surface area is 130 Å². The predicted octanol–water partition coefficient (Wildman–Crippen LogP) is 2.15. The van der Waals surface area contributed by atoms with Crippen LogP contribution < -0.4 is 10.3 Å². The van der Waals surface area contributed by atoms with Gasteiger partial charge in [-0.1, -0.05) is 18.7 Å². The van der Waals surface area contributed by atoms with Crippen molar-refractivity contribution in [3.63, 3.8) is 0 Å². The van der Waals surface area contributed by atoms with Crippen molar-refractivity contribution in [3.8, 4) is 0 Å². The molecule has 0 spiro atoms. The number of rotatable bonds is 5. The highest BCUT2D eigenvalue weighted by Crippen LogP contribution is 2.14. The number of nitrogens with one attached hydrogen (secondary N) is 1. The molecule has 1 aliphatic rings. The highest BCUT2D eigenvalue weighted by atomic mass is 16.2. The van der Waals surface area contributed by atoms with Crippen LogP contribution in [-0.4, -0.2) is 35.9 Å². The van der Waals surface area contributed by atoms with Crippen molar-refractivity contribution in [1.82, 2.24) is 10.4 Å². The van der Waals surface area contributed by atoms with Crippen LogP contribution >= 0.6 is 0 Å². The lowest BCUT2D eigenvalue weighted by Crippen LogP contribution is -2.39. The van der Waals surface area contributed by atoms with Gasteiger partial charge in [0, 0.05) is 18.8 Å². The average Bonchev–Trinajstić information content (AvgIpc) is 2.53. The molecular weight excluding hydrogens is 278 g/mol. The monoisotopic (exact) mass is 299 g/mol. The molecule has 1 amide bonds. The van der Waals surface area contributed by atoms with E-state index in [2.05, 4.69) is 41.0 Å². The fraction of sp³-hybridized carbons (Fsp3) is 0.312. The van der Waals surface area contributed by atoms with E-state index in [0.29, 0.717) is 11.5 Å². The lowest BCUT2D eigenvalue weighted by Gasteiger charge is -2.22. The van der Waals surface area contributed by atoms with Gasteiger partial charge >= 0.3 is 0 Å². The van der Waals surface area contributed by atoms with Crippen LogP contribution in [0.4, 0.5) is 5.69 Å². The van der Waals surface area contributed by atoms with Gasteiger partial charge in [0.1, 0.15) is 11.5 Å². The first-order valence-corrected chi connectivity index (χ1v) is 7.29. The minimum absolute atomic E-state index is 0.278. The normalized spacial score (nSPS) is 15.0. The lowest BCUT2D eigenvalue weighted by molar-refractivity contribution is -0.123. The number of carbonyl (C=O) groups excluding carboxylic acids is 1. The molecule has 1 aromatic rings. The zero-order valence-corrected chi connectivity index (χ0v) is 13.2. The van der Waals surface area contributed by atoms with E-state index in [1.807, 2.05) is 24.3 Å². The molecule has 0 aliphatic carbocycles. The number of hydrogen-bond acceptors (Lipinski definition) is 5. The van der Waals surface area contributed by atoms with Crippen LogP contribution in [0.25, 0.3) is 0 Å². The molecule has 6 heteroatoms. The van der Waals surface area contributed by atoms with Gasteiger partial charge in [-0.15, -0.1) is 0 Å². The Hall–Kier alpha value is -2.63. The van der Waals surface area contributed by atoms with Crippen LogP contribution in [0.1, 0.15) is 26.3 Å². The van der Waals surface area contributed by atoms with Gasteiger partial charge in [0.15, 0.2) is 0 Å². The Morgan fingerprint density at radius 3 is 2.55 bits per heavy atom. The third kappa shape index (κ3) is 3.33. The summed E-state index contributed by atoms with van der Waals surface area (Å²) in [6.07, 6.45) is 1.63. The van der Waals surface area contributed by atoms with E-state index in [9.17, 15) is 4.79 Å². The van der Waals surface area contributed by atoms with Crippen LogP contribution in [0.3, 0.4) is 0 Å². The topological polar surface area (TPSA) is 60.3 Å². The highest BCUT2D eigenvalue weighted by Gasteiger charge is 2.22. The van der Waals surface area contributed by atoms with Gasteiger partial charge in [0.25, 0.3) is 5.91 Å².